The third-order valence-electron chi connectivity index (χ3n) is 3.11. The Hall–Kier alpha value is -1.83. The number of hydrogen-bond donors (Lipinski definition) is 4. The Kier molecular flexibility index (Phi) is 5.75. The number of carbonyl (C=O) groups excluding carboxylic acids is 2. The lowest BCUT2D eigenvalue weighted by Gasteiger charge is -2.23. The van der Waals surface area contributed by atoms with Gasteiger partial charge in [0.15, 0.2) is 0 Å². The Labute approximate surface area is 117 Å². The van der Waals surface area contributed by atoms with Crippen LogP contribution < -0.4 is 10.6 Å². The minimum Gasteiger partial charge on any atom is -0.480 e. The van der Waals surface area contributed by atoms with Gasteiger partial charge in [0.05, 0.1) is 6.10 Å². The molecule has 114 valence electrons. The lowest BCUT2D eigenvalue weighted by molar-refractivity contribution is -0.141. The first-order valence-electron chi connectivity index (χ1n) is 6.62. The van der Waals surface area contributed by atoms with Gasteiger partial charge in [-0.3, -0.25) is 4.79 Å². The minimum atomic E-state index is -1.17. The third-order valence-corrected chi connectivity index (χ3v) is 3.11. The molecule has 1 rings (SSSR count). The summed E-state index contributed by atoms with van der Waals surface area (Å²) < 4.78 is 0. The zero-order chi connectivity index (χ0) is 15.3. The highest BCUT2D eigenvalue weighted by atomic mass is 16.4. The van der Waals surface area contributed by atoms with Gasteiger partial charge in [0.2, 0.25) is 5.91 Å². The first kappa shape index (κ1) is 16.2. The van der Waals surface area contributed by atoms with E-state index in [0.29, 0.717) is 6.54 Å². The second-order valence-electron chi connectivity index (χ2n) is 4.86. The zero-order valence-corrected chi connectivity index (χ0v) is 11.6. The molecule has 1 aliphatic rings. The number of nitrogens with zero attached hydrogens (tertiary/aromatic N) is 1. The van der Waals surface area contributed by atoms with Crippen LogP contribution in [0.4, 0.5) is 4.79 Å². The number of urea groups is 1. The Balaban J connectivity index is 2.57. The molecule has 1 aliphatic heterocycles. The quantitative estimate of drug-likeness (QED) is 0.524. The van der Waals surface area contributed by atoms with Gasteiger partial charge in [-0.2, -0.15) is 0 Å². The predicted octanol–water partition coefficient (Wildman–Crippen LogP) is -0.869. The van der Waals surface area contributed by atoms with Crippen LogP contribution in [0.25, 0.3) is 0 Å². The molecule has 1 fully saturated rings. The van der Waals surface area contributed by atoms with Gasteiger partial charge >= 0.3 is 12.0 Å². The summed E-state index contributed by atoms with van der Waals surface area (Å²) >= 11 is 0. The van der Waals surface area contributed by atoms with Gasteiger partial charge in [-0.1, -0.05) is 6.92 Å². The predicted molar refractivity (Wildman–Crippen MR) is 70.0 cm³/mol. The summed E-state index contributed by atoms with van der Waals surface area (Å²) in [5, 5.41) is 23.5. The molecule has 1 unspecified atom stereocenters. The van der Waals surface area contributed by atoms with Crippen molar-refractivity contribution in [2.45, 2.75) is 44.9 Å². The van der Waals surface area contributed by atoms with E-state index in [-0.39, 0.29) is 18.9 Å². The molecule has 8 nitrogen and oxygen atoms in total. The third kappa shape index (κ3) is 4.09. The van der Waals surface area contributed by atoms with E-state index in [1.165, 1.54) is 6.92 Å². The molecule has 0 aromatic carbocycles. The Bertz CT molecular complexity index is 387. The fourth-order valence-corrected chi connectivity index (χ4v) is 2.01. The minimum absolute atomic E-state index is 0.000828. The second-order valence-corrected chi connectivity index (χ2v) is 4.86. The summed E-state index contributed by atoms with van der Waals surface area (Å²) in [6, 6.07) is -2.48. The highest BCUT2D eigenvalue weighted by Crippen LogP contribution is 2.18. The maximum atomic E-state index is 12.0. The summed E-state index contributed by atoms with van der Waals surface area (Å²) in [6.45, 7) is 3.89. The molecule has 1 saturated heterocycles. The van der Waals surface area contributed by atoms with Crippen molar-refractivity contribution in [3.8, 4) is 0 Å². The molecule has 0 aliphatic carbocycles. The standard InChI is InChI=1S/C12H21N3O5/c1-3-4-13-10(17)7(2)14-12(20)15-6-8(16)5-9(15)11(18)19/h7-9,16H,3-6H2,1-2H3,(H,13,17)(H,14,20)(H,18,19)/t7?,8-,9-/m1/s1. The van der Waals surface area contributed by atoms with Crippen molar-refractivity contribution in [3.05, 3.63) is 0 Å². The van der Waals surface area contributed by atoms with E-state index in [2.05, 4.69) is 10.6 Å². The van der Waals surface area contributed by atoms with Crippen molar-refractivity contribution in [1.82, 2.24) is 15.5 Å². The summed E-state index contributed by atoms with van der Waals surface area (Å²) in [5.41, 5.74) is 0. The SMILES string of the molecule is CCCNC(=O)C(C)NC(=O)N1C[C@H](O)C[C@@H]1C(=O)O. The summed E-state index contributed by atoms with van der Waals surface area (Å²) in [4.78, 5) is 35.6. The number of aliphatic hydroxyl groups excluding tert-OH is 1. The second kappa shape index (κ2) is 7.09. The van der Waals surface area contributed by atoms with Gasteiger partial charge in [0.25, 0.3) is 0 Å². The Morgan fingerprint density at radius 2 is 2.05 bits per heavy atom. The first-order valence-corrected chi connectivity index (χ1v) is 6.62. The monoisotopic (exact) mass is 287 g/mol. The summed E-state index contributed by atoms with van der Waals surface area (Å²) in [5.74, 6) is -1.49. The zero-order valence-electron chi connectivity index (χ0n) is 11.6. The Morgan fingerprint density at radius 3 is 2.60 bits per heavy atom. The van der Waals surface area contributed by atoms with Gasteiger partial charge in [0.1, 0.15) is 12.1 Å². The smallest absolute Gasteiger partial charge is 0.326 e. The van der Waals surface area contributed by atoms with Crippen molar-refractivity contribution in [2.75, 3.05) is 13.1 Å². The average molecular weight is 287 g/mol. The van der Waals surface area contributed by atoms with Crippen LogP contribution in [0.2, 0.25) is 0 Å². The van der Waals surface area contributed by atoms with E-state index in [4.69, 9.17) is 5.11 Å². The van der Waals surface area contributed by atoms with Crippen LogP contribution >= 0.6 is 0 Å². The topological polar surface area (TPSA) is 119 Å². The number of β-amino-alcohol motifs (C(OH)–C–C–N with tert-alkyl or cyclic N) is 1. The van der Waals surface area contributed by atoms with E-state index in [9.17, 15) is 19.5 Å². The van der Waals surface area contributed by atoms with Crippen LogP contribution in [0.1, 0.15) is 26.7 Å². The maximum absolute atomic E-state index is 12.0. The molecule has 0 aromatic heterocycles. The van der Waals surface area contributed by atoms with Gasteiger partial charge in [-0.05, 0) is 13.3 Å². The summed E-state index contributed by atoms with van der Waals surface area (Å²) in [7, 11) is 0. The number of carboxylic acids is 1. The molecular formula is C12H21N3O5. The highest BCUT2D eigenvalue weighted by molar-refractivity contribution is 5.88. The first-order chi connectivity index (χ1) is 9.36. The molecule has 8 heteroatoms. The molecule has 4 N–H and O–H groups in total. The molecule has 0 saturated carbocycles. The van der Waals surface area contributed by atoms with Crippen molar-refractivity contribution in [3.63, 3.8) is 0 Å². The van der Waals surface area contributed by atoms with Crippen molar-refractivity contribution >= 4 is 17.9 Å². The fourth-order valence-electron chi connectivity index (χ4n) is 2.01. The van der Waals surface area contributed by atoms with E-state index < -0.39 is 30.2 Å². The lowest BCUT2D eigenvalue weighted by Crippen LogP contribution is -2.52. The molecular weight excluding hydrogens is 266 g/mol. The Morgan fingerprint density at radius 1 is 1.40 bits per heavy atom. The van der Waals surface area contributed by atoms with Gasteiger partial charge in [-0.15, -0.1) is 0 Å². The number of aliphatic hydroxyl groups is 1. The molecule has 0 aromatic rings. The molecule has 0 bridgehead atoms. The number of hydrogen-bond acceptors (Lipinski definition) is 4. The van der Waals surface area contributed by atoms with E-state index in [0.717, 1.165) is 11.3 Å². The number of carbonyl (C=O) groups is 3. The van der Waals surface area contributed by atoms with E-state index in [1.807, 2.05) is 6.92 Å². The van der Waals surface area contributed by atoms with Gasteiger partial charge < -0.3 is 25.7 Å². The number of amides is 3. The normalized spacial score (nSPS) is 23.2. The van der Waals surface area contributed by atoms with Crippen molar-refractivity contribution < 1.29 is 24.6 Å². The molecule has 3 atom stereocenters. The molecule has 3 amide bonds. The molecule has 1 heterocycles. The van der Waals surface area contributed by atoms with E-state index in [1.54, 1.807) is 0 Å². The van der Waals surface area contributed by atoms with Crippen LogP contribution in [0.5, 0.6) is 0 Å². The lowest BCUT2D eigenvalue weighted by atomic mass is 10.2. The van der Waals surface area contributed by atoms with Crippen LogP contribution in [0.3, 0.4) is 0 Å². The molecule has 20 heavy (non-hydrogen) atoms. The molecule has 0 radical (unpaired) electrons. The van der Waals surface area contributed by atoms with Crippen molar-refractivity contribution in [1.29, 1.82) is 0 Å². The van der Waals surface area contributed by atoms with Crippen LogP contribution in [-0.2, 0) is 9.59 Å². The van der Waals surface area contributed by atoms with Crippen LogP contribution in [-0.4, -0.2) is 64.3 Å². The van der Waals surface area contributed by atoms with Crippen LogP contribution in [0.15, 0.2) is 0 Å². The van der Waals surface area contributed by atoms with Gasteiger partial charge in [0, 0.05) is 19.5 Å². The number of carboxylic acid groups (broad SMARTS) is 1. The number of likely N-dealkylation sites (tertiary alicyclic amines) is 1. The maximum Gasteiger partial charge on any atom is 0.326 e. The van der Waals surface area contributed by atoms with Gasteiger partial charge in [-0.25, -0.2) is 9.59 Å². The fraction of sp³-hybridized carbons (Fsp3) is 0.750. The van der Waals surface area contributed by atoms with E-state index >= 15 is 0 Å². The average Bonchev–Trinajstić information content (AvgIpc) is 2.78. The highest BCUT2D eigenvalue weighted by Gasteiger charge is 2.39. The number of rotatable bonds is 5. The van der Waals surface area contributed by atoms with Crippen molar-refractivity contribution in [2.24, 2.45) is 0 Å². The molecule has 0 spiro atoms. The largest absolute Gasteiger partial charge is 0.480 e. The number of aliphatic carboxylic acids is 1. The van der Waals surface area contributed by atoms with Crippen LogP contribution in [0, 0.1) is 0 Å². The number of nitrogens with one attached hydrogen (secondary N) is 2. The summed E-state index contributed by atoms with van der Waals surface area (Å²) in [6.07, 6.45) is -0.0728.